The van der Waals surface area contributed by atoms with E-state index >= 15 is 0 Å². The van der Waals surface area contributed by atoms with Crippen LogP contribution in [0.15, 0.2) is 59.0 Å². The average molecular weight is 349 g/mol. The summed E-state index contributed by atoms with van der Waals surface area (Å²) in [7, 11) is 0. The van der Waals surface area contributed by atoms with Gasteiger partial charge in [-0.1, -0.05) is 24.3 Å². The summed E-state index contributed by atoms with van der Waals surface area (Å²) in [5, 5.41) is 2.76. The second-order valence-electron chi connectivity index (χ2n) is 5.82. The fourth-order valence-corrected chi connectivity index (χ4v) is 2.65. The molecule has 0 atom stereocenters. The molecule has 2 aromatic carbocycles. The van der Waals surface area contributed by atoms with Gasteiger partial charge in [-0.15, -0.1) is 0 Å². The van der Waals surface area contributed by atoms with E-state index in [2.05, 4.69) is 5.32 Å². The molecule has 6 heteroatoms. The minimum atomic E-state index is -0.365. The predicted octanol–water partition coefficient (Wildman–Crippen LogP) is 4.13. The number of fused-ring (bicyclic) bond motifs is 1. The molecule has 1 N–H and O–H groups in total. The number of carbonyl (C=O) groups excluding carboxylic acids is 2. The van der Waals surface area contributed by atoms with Crippen LogP contribution in [0, 0.1) is 0 Å². The van der Waals surface area contributed by atoms with Crippen LogP contribution in [0.4, 0.5) is 5.69 Å². The molecule has 0 saturated heterocycles. The molecule has 0 radical (unpaired) electrons. The first-order valence-corrected chi connectivity index (χ1v) is 8.02. The molecule has 0 aliphatic carbocycles. The number of rotatable bonds is 4. The first-order valence-electron chi connectivity index (χ1n) is 8.02. The zero-order chi connectivity index (χ0) is 18.1. The first-order chi connectivity index (χ1) is 12.6. The third kappa shape index (κ3) is 3.04. The molecule has 1 aromatic heterocycles. The summed E-state index contributed by atoms with van der Waals surface area (Å²) in [5.74, 6) is 1.62. The zero-order valence-corrected chi connectivity index (χ0v) is 13.9. The van der Waals surface area contributed by atoms with E-state index in [-0.39, 0.29) is 24.2 Å². The molecule has 1 aliphatic rings. The van der Waals surface area contributed by atoms with Crippen molar-refractivity contribution >= 4 is 17.4 Å². The van der Waals surface area contributed by atoms with Crippen LogP contribution in [0.3, 0.4) is 0 Å². The molecule has 1 amide bonds. The van der Waals surface area contributed by atoms with Crippen LogP contribution in [0.5, 0.6) is 11.5 Å². The maximum atomic E-state index is 12.4. The number of Topliss-reactive ketones (excluding diaryl/α,β-unsaturated/α-hetero) is 1. The van der Waals surface area contributed by atoms with E-state index in [1.54, 1.807) is 54.6 Å². The summed E-state index contributed by atoms with van der Waals surface area (Å²) in [6.45, 7) is 1.69. The van der Waals surface area contributed by atoms with Crippen LogP contribution >= 0.6 is 0 Å². The number of ether oxygens (including phenoxy) is 2. The highest BCUT2D eigenvalue weighted by molar-refractivity contribution is 6.02. The van der Waals surface area contributed by atoms with Crippen molar-refractivity contribution in [1.29, 1.82) is 0 Å². The Kier molecular flexibility index (Phi) is 3.93. The van der Waals surface area contributed by atoms with E-state index < -0.39 is 0 Å². The van der Waals surface area contributed by atoms with Crippen molar-refractivity contribution in [2.45, 2.75) is 6.92 Å². The lowest BCUT2D eigenvalue weighted by molar-refractivity contribution is 0.0994. The molecule has 4 rings (SSSR count). The minimum absolute atomic E-state index is 0.000197. The normalized spacial score (nSPS) is 12.0. The third-order valence-corrected chi connectivity index (χ3v) is 4.04. The number of nitrogens with one attached hydrogen (secondary N) is 1. The Bertz CT molecular complexity index is 988. The minimum Gasteiger partial charge on any atom is -0.454 e. The molecule has 0 fully saturated rings. The highest BCUT2D eigenvalue weighted by atomic mass is 16.7. The second-order valence-corrected chi connectivity index (χ2v) is 5.82. The van der Waals surface area contributed by atoms with E-state index in [1.165, 1.54) is 6.92 Å². The van der Waals surface area contributed by atoms with Gasteiger partial charge in [0, 0.05) is 22.9 Å². The molecular formula is C20H15NO5. The summed E-state index contributed by atoms with van der Waals surface area (Å²) >= 11 is 0. The molecular weight excluding hydrogens is 334 g/mol. The van der Waals surface area contributed by atoms with E-state index in [0.29, 0.717) is 28.5 Å². The van der Waals surface area contributed by atoms with Crippen molar-refractivity contribution < 1.29 is 23.5 Å². The van der Waals surface area contributed by atoms with Gasteiger partial charge in [-0.2, -0.15) is 0 Å². The van der Waals surface area contributed by atoms with Gasteiger partial charge in [-0.05, 0) is 31.2 Å². The summed E-state index contributed by atoms with van der Waals surface area (Å²) in [5.41, 5.74) is 2.00. The fraction of sp³-hybridized carbons (Fsp3) is 0.100. The Balaban J connectivity index is 1.50. The van der Waals surface area contributed by atoms with E-state index in [1.807, 2.05) is 0 Å². The number of furan rings is 1. The average Bonchev–Trinajstić information content (AvgIpc) is 3.31. The molecule has 0 spiro atoms. The van der Waals surface area contributed by atoms with Crippen LogP contribution in [0.25, 0.3) is 11.3 Å². The van der Waals surface area contributed by atoms with Gasteiger partial charge in [-0.25, -0.2) is 0 Å². The highest BCUT2D eigenvalue weighted by Gasteiger charge is 2.16. The smallest absolute Gasteiger partial charge is 0.291 e. The topological polar surface area (TPSA) is 77.8 Å². The Morgan fingerprint density at radius 2 is 1.69 bits per heavy atom. The van der Waals surface area contributed by atoms with Gasteiger partial charge in [0.2, 0.25) is 6.79 Å². The van der Waals surface area contributed by atoms with Crippen molar-refractivity contribution in [3.05, 3.63) is 65.9 Å². The van der Waals surface area contributed by atoms with Crippen molar-refractivity contribution in [3.8, 4) is 22.8 Å². The van der Waals surface area contributed by atoms with Crippen molar-refractivity contribution in [2.75, 3.05) is 12.1 Å². The molecule has 26 heavy (non-hydrogen) atoms. The number of benzene rings is 2. The lowest BCUT2D eigenvalue weighted by atomic mass is 10.1. The molecule has 0 saturated carbocycles. The van der Waals surface area contributed by atoms with Gasteiger partial charge < -0.3 is 19.2 Å². The second kappa shape index (κ2) is 6.40. The van der Waals surface area contributed by atoms with Crippen LogP contribution in [-0.2, 0) is 0 Å². The van der Waals surface area contributed by atoms with E-state index in [4.69, 9.17) is 13.9 Å². The number of anilines is 1. The quantitative estimate of drug-likeness (QED) is 0.717. The Morgan fingerprint density at radius 3 is 2.46 bits per heavy atom. The van der Waals surface area contributed by atoms with Crippen molar-refractivity contribution in [2.24, 2.45) is 0 Å². The molecule has 6 nitrogen and oxygen atoms in total. The van der Waals surface area contributed by atoms with E-state index in [9.17, 15) is 9.59 Å². The van der Waals surface area contributed by atoms with Crippen LogP contribution < -0.4 is 14.8 Å². The molecule has 130 valence electrons. The number of hydrogen-bond donors (Lipinski definition) is 1. The number of amides is 1. The monoisotopic (exact) mass is 349 g/mol. The van der Waals surface area contributed by atoms with Gasteiger partial charge >= 0.3 is 0 Å². The first kappa shape index (κ1) is 16.0. The third-order valence-electron chi connectivity index (χ3n) is 4.04. The summed E-state index contributed by atoms with van der Waals surface area (Å²) in [6, 6.07) is 15.5. The SMILES string of the molecule is CC(=O)c1ccc(-c2ccc(C(=O)Nc3ccc4c(c3)OCO4)o2)cc1. The van der Waals surface area contributed by atoms with Crippen molar-refractivity contribution in [3.63, 3.8) is 0 Å². The van der Waals surface area contributed by atoms with Crippen LogP contribution in [-0.4, -0.2) is 18.5 Å². The Morgan fingerprint density at radius 1 is 0.923 bits per heavy atom. The summed E-state index contributed by atoms with van der Waals surface area (Å²) < 4.78 is 16.2. The summed E-state index contributed by atoms with van der Waals surface area (Å²) in [4.78, 5) is 23.7. The van der Waals surface area contributed by atoms with Gasteiger partial charge in [0.25, 0.3) is 5.91 Å². The van der Waals surface area contributed by atoms with Crippen LogP contribution in [0.2, 0.25) is 0 Å². The maximum absolute atomic E-state index is 12.4. The Labute approximate surface area is 149 Å². The van der Waals surface area contributed by atoms with Crippen LogP contribution in [0.1, 0.15) is 27.8 Å². The van der Waals surface area contributed by atoms with Crippen molar-refractivity contribution in [1.82, 2.24) is 0 Å². The fourth-order valence-electron chi connectivity index (χ4n) is 2.65. The molecule has 2 heterocycles. The van der Waals surface area contributed by atoms with Gasteiger partial charge in [0.1, 0.15) is 5.76 Å². The van der Waals surface area contributed by atoms with Gasteiger partial charge in [-0.3, -0.25) is 9.59 Å². The maximum Gasteiger partial charge on any atom is 0.291 e. The summed E-state index contributed by atoms with van der Waals surface area (Å²) in [6.07, 6.45) is 0. The Hall–Kier alpha value is -3.54. The van der Waals surface area contributed by atoms with E-state index in [0.717, 1.165) is 5.56 Å². The number of ketones is 1. The van der Waals surface area contributed by atoms with Gasteiger partial charge in [0.05, 0.1) is 0 Å². The highest BCUT2D eigenvalue weighted by Crippen LogP contribution is 2.34. The molecule has 0 bridgehead atoms. The predicted molar refractivity (Wildman–Crippen MR) is 94.7 cm³/mol. The number of carbonyl (C=O) groups is 2. The standard InChI is InChI=1S/C20H15NO5/c1-12(22)13-2-4-14(5-3-13)16-8-9-18(26-16)20(23)21-15-6-7-17-19(10-15)25-11-24-17/h2-10H,11H2,1H3,(H,21,23). The largest absolute Gasteiger partial charge is 0.454 e. The molecule has 0 unspecified atom stereocenters. The lowest BCUT2D eigenvalue weighted by Gasteiger charge is -2.04. The number of hydrogen-bond acceptors (Lipinski definition) is 5. The zero-order valence-electron chi connectivity index (χ0n) is 13.9. The molecule has 3 aromatic rings. The molecule has 1 aliphatic heterocycles. The van der Waals surface area contributed by atoms with Gasteiger partial charge in [0.15, 0.2) is 23.0 Å². The lowest BCUT2D eigenvalue weighted by Crippen LogP contribution is -2.10.